The van der Waals surface area contributed by atoms with E-state index in [1.165, 1.54) is 12.1 Å². The van der Waals surface area contributed by atoms with E-state index < -0.39 is 0 Å². The minimum Gasteiger partial charge on any atom is -0.340 e. The summed E-state index contributed by atoms with van der Waals surface area (Å²) < 4.78 is 15.1. The van der Waals surface area contributed by atoms with Gasteiger partial charge >= 0.3 is 0 Å². The van der Waals surface area contributed by atoms with E-state index in [0.717, 1.165) is 25.0 Å². The molecule has 2 aromatic heterocycles. The number of fused-ring (bicyclic) bond motifs is 1. The van der Waals surface area contributed by atoms with Crippen LogP contribution in [0.1, 0.15) is 47.3 Å². The first kappa shape index (κ1) is 15.8. The number of carbonyl (C=O) groups is 1. The van der Waals surface area contributed by atoms with Crippen LogP contribution in [0.15, 0.2) is 24.3 Å². The molecule has 130 valence electrons. The number of amides is 1. The van der Waals surface area contributed by atoms with E-state index in [4.69, 9.17) is 0 Å². The smallest absolute Gasteiger partial charge is 0.274 e. The average Bonchev–Trinajstić information content (AvgIpc) is 3.17. The summed E-state index contributed by atoms with van der Waals surface area (Å²) in [6, 6.07) is 6.15. The number of imidazole rings is 1. The van der Waals surface area contributed by atoms with Gasteiger partial charge in [-0.15, -0.1) is 0 Å². The molecule has 0 spiro atoms. The Hall–Kier alpha value is -2.70. The van der Waals surface area contributed by atoms with Crippen LogP contribution in [-0.4, -0.2) is 37.1 Å². The predicted molar refractivity (Wildman–Crippen MR) is 91.6 cm³/mol. The third-order valence-corrected chi connectivity index (χ3v) is 4.87. The number of aromatic amines is 1. The Balaban J connectivity index is 1.69. The van der Waals surface area contributed by atoms with Crippen molar-refractivity contribution in [1.29, 1.82) is 0 Å². The average molecular weight is 341 g/mol. The molecule has 3 heterocycles. The molecule has 3 aromatic rings. The first-order valence-corrected chi connectivity index (χ1v) is 8.50. The number of piperidine rings is 1. The zero-order valence-corrected chi connectivity index (χ0v) is 14.3. The molecule has 6 nitrogen and oxygen atoms in total. The van der Waals surface area contributed by atoms with E-state index in [-0.39, 0.29) is 17.8 Å². The van der Waals surface area contributed by atoms with Gasteiger partial charge in [0.15, 0.2) is 5.69 Å². The van der Waals surface area contributed by atoms with Crippen molar-refractivity contribution >= 4 is 16.9 Å². The van der Waals surface area contributed by atoms with Crippen LogP contribution < -0.4 is 0 Å². The summed E-state index contributed by atoms with van der Waals surface area (Å²) in [5, 5.41) is 4.31. The number of nitrogens with one attached hydrogen (secondary N) is 1. The highest BCUT2D eigenvalue weighted by atomic mass is 19.1. The Morgan fingerprint density at radius 2 is 2.16 bits per heavy atom. The number of H-pyrrole nitrogens is 1. The minimum atomic E-state index is -0.303. The third-order valence-electron chi connectivity index (χ3n) is 4.87. The molecule has 1 aliphatic heterocycles. The summed E-state index contributed by atoms with van der Waals surface area (Å²) >= 11 is 0. The number of hydrogen-bond acceptors (Lipinski definition) is 3. The number of carbonyl (C=O) groups excluding carboxylic acids is 1. The fourth-order valence-corrected chi connectivity index (χ4v) is 3.43. The highest BCUT2D eigenvalue weighted by Gasteiger charge is 2.32. The lowest BCUT2D eigenvalue weighted by molar-refractivity contribution is 0.0594. The van der Waals surface area contributed by atoms with Crippen molar-refractivity contribution in [3.63, 3.8) is 0 Å². The van der Waals surface area contributed by atoms with Crippen molar-refractivity contribution in [2.24, 2.45) is 7.05 Å². The van der Waals surface area contributed by atoms with E-state index in [2.05, 4.69) is 15.1 Å². The first-order valence-electron chi connectivity index (χ1n) is 8.50. The lowest BCUT2D eigenvalue weighted by Gasteiger charge is -2.34. The van der Waals surface area contributed by atoms with Gasteiger partial charge in [0.2, 0.25) is 0 Å². The molecule has 7 heteroatoms. The van der Waals surface area contributed by atoms with E-state index >= 15 is 0 Å². The Bertz CT molecular complexity index is 925. The van der Waals surface area contributed by atoms with Crippen molar-refractivity contribution in [1.82, 2.24) is 24.6 Å². The quantitative estimate of drug-likeness (QED) is 0.779. The molecule has 0 bridgehead atoms. The van der Waals surface area contributed by atoms with Gasteiger partial charge in [0.1, 0.15) is 11.6 Å². The van der Waals surface area contributed by atoms with Crippen LogP contribution in [0, 0.1) is 12.7 Å². The van der Waals surface area contributed by atoms with E-state index in [1.54, 1.807) is 10.7 Å². The van der Waals surface area contributed by atoms with Crippen LogP contribution in [0.25, 0.3) is 11.0 Å². The summed E-state index contributed by atoms with van der Waals surface area (Å²) in [6.45, 7) is 2.59. The normalized spacial score (nSPS) is 18.0. The highest BCUT2D eigenvalue weighted by Crippen LogP contribution is 2.31. The van der Waals surface area contributed by atoms with Crippen LogP contribution in [0.4, 0.5) is 4.39 Å². The Morgan fingerprint density at radius 3 is 2.92 bits per heavy atom. The van der Waals surface area contributed by atoms with Crippen molar-refractivity contribution in [2.75, 3.05) is 6.54 Å². The van der Waals surface area contributed by atoms with Gasteiger partial charge in [0.05, 0.1) is 17.1 Å². The van der Waals surface area contributed by atoms with Crippen LogP contribution in [0.3, 0.4) is 0 Å². The molecule has 0 unspecified atom stereocenters. The van der Waals surface area contributed by atoms with Gasteiger partial charge < -0.3 is 9.88 Å². The summed E-state index contributed by atoms with van der Waals surface area (Å²) in [7, 11) is 1.83. The standard InChI is InChI=1S/C18H20FN5O/c1-11-9-15(22-23(11)2)18(25)24-8-4-3-5-16(24)17-20-13-7-6-12(19)10-14(13)21-17/h6-7,9-10,16H,3-5,8H2,1-2H3,(H,20,21)/t16-/m1/s1. The molecule has 25 heavy (non-hydrogen) atoms. The number of likely N-dealkylation sites (tertiary alicyclic amines) is 1. The van der Waals surface area contributed by atoms with Gasteiger partial charge in [-0.1, -0.05) is 0 Å². The van der Waals surface area contributed by atoms with Gasteiger partial charge in [-0.3, -0.25) is 9.48 Å². The predicted octanol–water partition coefficient (Wildman–Crippen LogP) is 3.11. The van der Waals surface area contributed by atoms with E-state index in [0.29, 0.717) is 29.1 Å². The second kappa shape index (κ2) is 5.98. The summed E-state index contributed by atoms with van der Waals surface area (Å²) in [6.07, 6.45) is 2.82. The van der Waals surface area contributed by atoms with E-state index in [9.17, 15) is 9.18 Å². The van der Waals surface area contributed by atoms with Gasteiger partial charge in [0, 0.05) is 19.3 Å². The van der Waals surface area contributed by atoms with Crippen LogP contribution in [0.2, 0.25) is 0 Å². The number of rotatable bonds is 2. The number of hydrogen-bond donors (Lipinski definition) is 1. The topological polar surface area (TPSA) is 66.8 Å². The maximum absolute atomic E-state index is 13.4. The van der Waals surface area contributed by atoms with Crippen LogP contribution >= 0.6 is 0 Å². The van der Waals surface area contributed by atoms with Gasteiger partial charge in [-0.25, -0.2) is 9.37 Å². The summed E-state index contributed by atoms with van der Waals surface area (Å²) in [5.74, 6) is 0.324. The maximum atomic E-state index is 13.4. The Morgan fingerprint density at radius 1 is 1.32 bits per heavy atom. The number of aromatic nitrogens is 4. The molecule has 1 N–H and O–H groups in total. The third kappa shape index (κ3) is 2.79. The molecule has 1 fully saturated rings. The number of benzene rings is 1. The molecular weight excluding hydrogens is 321 g/mol. The first-order chi connectivity index (χ1) is 12.0. The van der Waals surface area contributed by atoms with Crippen LogP contribution in [0.5, 0.6) is 0 Å². The Labute approximate surface area is 144 Å². The summed E-state index contributed by atoms with van der Waals surface area (Å²) in [4.78, 5) is 22.6. The fraction of sp³-hybridized carbons (Fsp3) is 0.389. The number of nitrogens with zero attached hydrogens (tertiary/aromatic N) is 4. The van der Waals surface area contributed by atoms with Crippen molar-refractivity contribution in [3.8, 4) is 0 Å². The highest BCUT2D eigenvalue weighted by molar-refractivity contribution is 5.92. The molecule has 0 radical (unpaired) electrons. The largest absolute Gasteiger partial charge is 0.340 e. The zero-order chi connectivity index (χ0) is 17.6. The number of aryl methyl sites for hydroxylation is 2. The van der Waals surface area contributed by atoms with Gasteiger partial charge in [-0.2, -0.15) is 5.10 Å². The molecule has 1 aliphatic rings. The SMILES string of the molecule is Cc1cc(C(=O)N2CCCC[C@@H]2c2nc3ccc(F)cc3[nH]2)nn1C. The number of halogens is 1. The van der Waals surface area contributed by atoms with Crippen molar-refractivity contribution in [3.05, 3.63) is 47.3 Å². The zero-order valence-electron chi connectivity index (χ0n) is 14.3. The molecular formula is C18H20FN5O. The second-order valence-corrected chi connectivity index (χ2v) is 6.59. The van der Waals surface area contributed by atoms with Crippen LogP contribution in [-0.2, 0) is 7.05 Å². The lowest BCUT2D eigenvalue weighted by Crippen LogP contribution is -2.39. The molecule has 1 aromatic carbocycles. The molecule has 1 amide bonds. The molecule has 1 saturated heterocycles. The lowest BCUT2D eigenvalue weighted by atomic mass is 10.0. The molecule has 0 aliphatic carbocycles. The second-order valence-electron chi connectivity index (χ2n) is 6.59. The Kier molecular flexibility index (Phi) is 3.78. The molecule has 1 atom stereocenters. The van der Waals surface area contributed by atoms with Gasteiger partial charge in [0.25, 0.3) is 5.91 Å². The fourth-order valence-electron chi connectivity index (χ4n) is 3.43. The van der Waals surface area contributed by atoms with Crippen molar-refractivity contribution in [2.45, 2.75) is 32.2 Å². The van der Waals surface area contributed by atoms with Gasteiger partial charge in [-0.05, 0) is 50.5 Å². The van der Waals surface area contributed by atoms with Crippen molar-refractivity contribution < 1.29 is 9.18 Å². The monoisotopic (exact) mass is 341 g/mol. The molecule has 0 saturated carbocycles. The summed E-state index contributed by atoms with van der Waals surface area (Å²) in [5.41, 5.74) is 2.76. The molecule has 4 rings (SSSR count). The maximum Gasteiger partial charge on any atom is 0.274 e. The minimum absolute atomic E-state index is 0.0833. The van der Waals surface area contributed by atoms with E-state index in [1.807, 2.05) is 24.9 Å².